The quantitative estimate of drug-likeness (QED) is 0.641. The molecule has 4 unspecified atom stereocenters. The molecule has 1 aliphatic heterocycles. The number of nitrogens with one attached hydrogen (secondary N) is 1. The number of halogens is 1. The molecule has 1 aromatic rings. The van der Waals surface area contributed by atoms with E-state index in [1.807, 2.05) is 0 Å². The fraction of sp³-hybridized carbons (Fsp3) is 0.538. The molecule has 3 N–H and O–H groups in total. The molecular weight excluding hydrogens is 281 g/mol. The smallest absolute Gasteiger partial charge is 0.295 e. The van der Waals surface area contributed by atoms with Crippen LogP contribution in [0.3, 0.4) is 0 Å². The highest BCUT2D eigenvalue weighted by Crippen LogP contribution is 2.41. The van der Waals surface area contributed by atoms with Gasteiger partial charge in [0.15, 0.2) is 11.6 Å². The number of anilines is 1. The zero-order chi connectivity index (χ0) is 15.1. The van der Waals surface area contributed by atoms with E-state index in [1.54, 1.807) is 0 Å². The van der Waals surface area contributed by atoms with E-state index in [9.17, 15) is 14.5 Å². The summed E-state index contributed by atoms with van der Waals surface area (Å²) in [5, 5.41) is 14.1. The van der Waals surface area contributed by atoms with Gasteiger partial charge in [-0.3, -0.25) is 10.1 Å². The van der Waals surface area contributed by atoms with Gasteiger partial charge in [-0.1, -0.05) is 0 Å². The molecular formula is C13H16FN3O4. The number of benzene rings is 1. The van der Waals surface area contributed by atoms with Gasteiger partial charge in [0.2, 0.25) is 0 Å². The third-order valence-corrected chi connectivity index (χ3v) is 4.24. The fourth-order valence-electron chi connectivity index (χ4n) is 3.07. The van der Waals surface area contributed by atoms with Gasteiger partial charge in [0.1, 0.15) is 5.69 Å². The van der Waals surface area contributed by atoms with E-state index in [2.05, 4.69) is 5.32 Å². The molecule has 0 spiro atoms. The van der Waals surface area contributed by atoms with Crippen LogP contribution in [0.1, 0.15) is 6.42 Å². The van der Waals surface area contributed by atoms with E-state index >= 15 is 0 Å². The maximum Gasteiger partial charge on any atom is 0.295 e. The number of hydrogen-bond donors (Lipinski definition) is 2. The molecule has 1 saturated heterocycles. The predicted molar refractivity (Wildman–Crippen MR) is 72.8 cm³/mol. The van der Waals surface area contributed by atoms with Crippen LogP contribution in [0.25, 0.3) is 0 Å². The number of ether oxygens (including phenoxy) is 2. The standard InChI is InChI=1S/C13H16FN3O4/c1-20-10-5-8(9(17(18)19)4-7(10)14)16-12-11(15)6-2-3-21-13(6)12/h4-6,11-13,16H,2-3,15H2,1H3. The monoisotopic (exact) mass is 297 g/mol. The van der Waals surface area contributed by atoms with Crippen molar-refractivity contribution in [2.45, 2.75) is 24.6 Å². The van der Waals surface area contributed by atoms with Crippen LogP contribution in [0, 0.1) is 21.8 Å². The lowest BCUT2D eigenvalue weighted by Gasteiger charge is -2.46. The average Bonchev–Trinajstić information content (AvgIpc) is 2.90. The van der Waals surface area contributed by atoms with Gasteiger partial charge in [-0.25, -0.2) is 4.39 Å². The number of rotatable bonds is 4. The van der Waals surface area contributed by atoms with Crippen molar-refractivity contribution in [3.8, 4) is 5.75 Å². The van der Waals surface area contributed by atoms with Crippen LogP contribution >= 0.6 is 0 Å². The molecule has 2 fully saturated rings. The van der Waals surface area contributed by atoms with Gasteiger partial charge >= 0.3 is 0 Å². The van der Waals surface area contributed by atoms with Crippen LogP contribution in [0.4, 0.5) is 15.8 Å². The van der Waals surface area contributed by atoms with Gasteiger partial charge in [-0.05, 0) is 6.42 Å². The molecule has 2 aliphatic rings. The molecule has 0 radical (unpaired) electrons. The van der Waals surface area contributed by atoms with E-state index in [-0.39, 0.29) is 41.2 Å². The minimum absolute atomic E-state index is 0.0457. The lowest BCUT2D eigenvalue weighted by Crippen LogP contribution is -2.65. The maximum absolute atomic E-state index is 13.6. The summed E-state index contributed by atoms with van der Waals surface area (Å²) >= 11 is 0. The van der Waals surface area contributed by atoms with Crippen LogP contribution < -0.4 is 15.8 Å². The molecule has 21 heavy (non-hydrogen) atoms. The number of nitrogens with two attached hydrogens (primary N) is 1. The first-order chi connectivity index (χ1) is 10.0. The van der Waals surface area contributed by atoms with Crippen molar-refractivity contribution < 1.29 is 18.8 Å². The summed E-state index contributed by atoms with van der Waals surface area (Å²) in [6.07, 6.45) is 0.856. The Balaban J connectivity index is 1.89. The Kier molecular flexibility index (Phi) is 3.42. The third-order valence-electron chi connectivity index (χ3n) is 4.24. The molecule has 7 nitrogen and oxygen atoms in total. The maximum atomic E-state index is 13.6. The van der Waals surface area contributed by atoms with Gasteiger partial charge in [0.25, 0.3) is 5.69 Å². The molecule has 1 saturated carbocycles. The first-order valence-corrected chi connectivity index (χ1v) is 6.68. The number of nitro benzene ring substituents is 1. The Labute approximate surface area is 120 Å². The molecule has 0 amide bonds. The minimum Gasteiger partial charge on any atom is -0.494 e. The molecule has 3 rings (SSSR count). The van der Waals surface area contributed by atoms with E-state index in [4.69, 9.17) is 15.2 Å². The van der Waals surface area contributed by atoms with Crippen LogP contribution in [-0.4, -0.2) is 36.8 Å². The van der Waals surface area contributed by atoms with Crippen LogP contribution in [0.2, 0.25) is 0 Å². The van der Waals surface area contributed by atoms with Crippen molar-refractivity contribution in [1.29, 1.82) is 0 Å². The molecule has 8 heteroatoms. The number of nitrogens with zero attached hydrogens (tertiary/aromatic N) is 1. The van der Waals surface area contributed by atoms with E-state index in [1.165, 1.54) is 13.2 Å². The van der Waals surface area contributed by atoms with Crippen molar-refractivity contribution in [3.63, 3.8) is 0 Å². The Hall–Kier alpha value is -1.93. The number of hydrogen-bond acceptors (Lipinski definition) is 6. The van der Waals surface area contributed by atoms with Crippen LogP contribution in [0.15, 0.2) is 12.1 Å². The van der Waals surface area contributed by atoms with Crippen molar-refractivity contribution >= 4 is 11.4 Å². The number of fused-ring (bicyclic) bond motifs is 1. The lowest BCUT2D eigenvalue weighted by molar-refractivity contribution is -0.384. The molecule has 0 bridgehead atoms. The SMILES string of the molecule is COc1cc(NC2C(N)C3CCOC32)c([N+](=O)[O-])cc1F. The van der Waals surface area contributed by atoms with Crippen molar-refractivity contribution in [3.05, 3.63) is 28.1 Å². The summed E-state index contributed by atoms with van der Waals surface area (Å²) in [7, 11) is 1.30. The summed E-state index contributed by atoms with van der Waals surface area (Å²) in [6, 6.07) is 1.78. The molecule has 1 heterocycles. The summed E-state index contributed by atoms with van der Waals surface area (Å²) in [6.45, 7) is 0.649. The second kappa shape index (κ2) is 5.12. The molecule has 1 aliphatic carbocycles. The van der Waals surface area contributed by atoms with Crippen molar-refractivity contribution in [2.24, 2.45) is 11.7 Å². The number of nitro groups is 1. The average molecular weight is 297 g/mol. The summed E-state index contributed by atoms with van der Waals surface area (Å²) < 4.78 is 24.0. The highest BCUT2D eigenvalue weighted by molar-refractivity contribution is 5.65. The summed E-state index contributed by atoms with van der Waals surface area (Å²) in [5.74, 6) is -0.550. The highest BCUT2D eigenvalue weighted by atomic mass is 19.1. The fourth-order valence-corrected chi connectivity index (χ4v) is 3.07. The van der Waals surface area contributed by atoms with Gasteiger partial charge in [0, 0.05) is 24.6 Å². The van der Waals surface area contributed by atoms with Crippen LogP contribution in [0.5, 0.6) is 5.75 Å². The van der Waals surface area contributed by atoms with Gasteiger partial charge in [0.05, 0.1) is 30.2 Å². The topological polar surface area (TPSA) is 99.7 Å². The van der Waals surface area contributed by atoms with E-state index in [0.717, 1.165) is 12.5 Å². The summed E-state index contributed by atoms with van der Waals surface area (Å²) in [5.41, 5.74) is 5.91. The van der Waals surface area contributed by atoms with Gasteiger partial charge in [-0.2, -0.15) is 0 Å². The Morgan fingerprint density at radius 2 is 2.33 bits per heavy atom. The second-order valence-electron chi connectivity index (χ2n) is 5.30. The first kappa shape index (κ1) is 14.0. The molecule has 1 aromatic carbocycles. The van der Waals surface area contributed by atoms with Gasteiger partial charge < -0.3 is 20.5 Å². The Morgan fingerprint density at radius 3 is 3.00 bits per heavy atom. The summed E-state index contributed by atoms with van der Waals surface area (Å²) in [4.78, 5) is 10.4. The molecule has 0 aromatic heterocycles. The van der Waals surface area contributed by atoms with E-state index in [0.29, 0.717) is 6.61 Å². The molecule has 4 atom stereocenters. The van der Waals surface area contributed by atoms with Crippen LogP contribution in [-0.2, 0) is 4.74 Å². The third kappa shape index (κ3) is 2.20. The predicted octanol–water partition coefficient (Wildman–Crippen LogP) is 1.27. The largest absolute Gasteiger partial charge is 0.494 e. The normalized spacial score (nSPS) is 30.4. The molecule has 114 valence electrons. The van der Waals surface area contributed by atoms with Gasteiger partial charge in [-0.15, -0.1) is 0 Å². The number of methoxy groups -OCH3 is 1. The van der Waals surface area contributed by atoms with E-state index < -0.39 is 10.7 Å². The minimum atomic E-state index is -0.775. The van der Waals surface area contributed by atoms with Crippen molar-refractivity contribution in [2.75, 3.05) is 19.0 Å². The highest BCUT2D eigenvalue weighted by Gasteiger charge is 2.52. The zero-order valence-corrected chi connectivity index (χ0v) is 11.4. The zero-order valence-electron chi connectivity index (χ0n) is 11.4. The Bertz CT molecular complexity index is 583. The second-order valence-corrected chi connectivity index (χ2v) is 5.30. The Morgan fingerprint density at radius 1 is 1.57 bits per heavy atom. The lowest BCUT2D eigenvalue weighted by atomic mass is 9.72. The van der Waals surface area contributed by atoms with Crippen molar-refractivity contribution in [1.82, 2.24) is 0 Å². The first-order valence-electron chi connectivity index (χ1n) is 6.68.